The second-order valence-corrected chi connectivity index (χ2v) is 6.28. The molecule has 0 bridgehead atoms. The largest absolute Gasteiger partial charge is 0.324 e. The maximum Gasteiger partial charge on any atom is 0.228 e. The molecule has 2 aromatic carbocycles. The van der Waals surface area contributed by atoms with E-state index in [0.29, 0.717) is 10.2 Å². The Bertz CT molecular complexity index is 640. The lowest BCUT2D eigenvalue weighted by atomic mass is 10.1. The van der Waals surface area contributed by atoms with Crippen molar-refractivity contribution in [3.63, 3.8) is 0 Å². The number of carbonyl (C=O) groups excluding carboxylic acids is 1. The number of rotatable bonds is 3. The van der Waals surface area contributed by atoms with Crippen LogP contribution in [0.3, 0.4) is 0 Å². The molecule has 104 valence electrons. The van der Waals surface area contributed by atoms with Gasteiger partial charge in [-0.05, 0) is 45.8 Å². The third-order valence-electron chi connectivity index (χ3n) is 2.53. The van der Waals surface area contributed by atoms with Crippen molar-refractivity contribution in [3.05, 3.63) is 61.7 Å². The highest BCUT2D eigenvalue weighted by Crippen LogP contribution is 2.31. The van der Waals surface area contributed by atoms with Gasteiger partial charge in [-0.1, -0.05) is 39.7 Å². The fraction of sp³-hybridized carbons (Fsp3) is 0.0714. The summed E-state index contributed by atoms with van der Waals surface area (Å²) in [7, 11) is 0. The van der Waals surface area contributed by atoms with Crippen molar-refractivity contribution in [1.29, 1.82) is 0 Å². The summed E-state index contributed by atoms with van der Waals surface area (Å²) in [4.78, 5) is 12.0. The summed E-state index contributed by atoms with van der Waals surface area (Å²) >= 11 is 12.4. The fourth-order valence-electron chi connectivity index (χ4n) is 1.68. The average molecular weight is 421 g/mol. The molecule has 0 unspecified atom stereocenters. The van der Waals surface area contributed by atoms with Crippen LogP contribution in [-0.4, -0.2) is 5.91 Å². The van der Waals surface area contributed by atoms with E-state index in [-0.39, 0.29) is 17.4 Å². The molecule has 2 aromatic rings. The van der Waals surface area contributed by atoms with Crippen molar-refractivity contribution < 1.29 is 9.18 Å². The summed E-state index contributed by atoms with van der Waals surface area (Å²) in [6.07, 6.45) is 0.208. The maximum atomic E-state index is 13.1. The summed E-state index contributed by atoms with van der Waals surface area (Å²) in [5.41, 5.74) is 1.24. The van der Waals surface area contributed by atoms with Gasteiger partial charge in [0.2, 0.25) is 5.91 Å². The lowest BCUT2D eigenvalue weighted by Gasteiger charge is -2.10. The van der Waals surface area contributed by atoms with Gasteiger partial charge >= 0.3 is 0 Å². The highest BCUT2D eigenvalue weighted by molar-refractivity contribution is 9.10. The summed E-state index contributed by atoms with van der Waals surface area (Å²) in [6.45, 7) is 0. The van der Waals surface area contributed by atoms with Crippen LogP contribution in [0.2, 0.25) is 5.02 Å². The van der Waals surface area contributed by atoms with Crippen LogP contribution in [0, 0.1) is 5.82 Å². The molecular formula is C14H9Br2ClFNO. The molecule has 2 rings (SSSR count). The number of hydrogen-bond donors (Lipinski definition) is 1. The summed E-state index contributed by atoms with van der Waals surface area (Å²) in [6, 6.07) is 9.86. The van der Waals surface area contributed by atoms with E-state index < -0.39 is 5.82 Å². The average Bonchev–Trinajstić information content (AvgIpc) is 2.33. The van der Waals surface area contributed by atoms with Gasteiger partial charge in [0.15, 0.2) is 0 Å². The fourth-order valence-corrected chi connectivity index (χ4v) is 3.02. The summed E-state index contributed by atoms with van der Waals surface area (Å²) < 4.78 is 14.4. The van der Waals surface area contributed by atoms with Crippen molar-refractivity contribution in [2.75, 3.05) is 5.32 Å². The monoisotopic (exact) mass is 419 g/mol. The lowest BCUT2D eigenvalue weighted by molar-refractivity contribution is -0.115. The van der Waals surface area contributed by atoms with Crippen molar-refractivity contribution in [2.45, 2.75) is 6.42 Å². The van der Waals surface area contributed by atoms with Gasteiger partial charge in [0.05, 0.1) is 17.1 Å². The van der Waals surface area contributed by atoms with Crippen LogP contribution < -0.4 is 5.32 Å². The molecular weight excluding hydrogens is 412 g/mol. The van der Waals surface area contributed by atoms with E-state index in [0.717, 1.165) is 16.1 Å². The molecule has 0 radical (unpaired) electrons. The van der Waals surface area contributed by atoms with Gasteiger partial charge in [0.1, 0.15) is 5.82 Å². The Labute approximate surface area is 137 Å². The Morgan fingerprint density at radius 2 is 2.00 bits per heavy atom. The van der Waals surface area contributed by atoms with Gasteiger partial charge in [-0.2, -0.15) is 0 Å². The summed E-state index contributed by atoms with van der Waals surface area (Å²) in [5.74, 6) is -0.691. The molecule has 1 N–H and O–H groups in total. The predicted octanol–water partition coefficient (Wildman–Crippen LogP) is 5.19. The minimum atomic E-state index is -0.466. The van der Waals surface area contributed by atoms with Crippen LogP contribution in [0.15, 0.2) is 45.3 Å². The Kier molecular flexibility index (Phi) is 5.18. The van der Waals surface area contributed by atoms with E-state index in [1.165, 1.54) is 6.07 Å². The second-order valence-electron chi connectivity index (χ2n) is 4.10. The maximum absolute atomic E-state index is 13.1. The molecule has 0 aliphatic rings. The Morgan fingerprint density at radius 1 is 1.25 bits per heavy atom. The first-order valence-electron chi connectivity index (χ1n) is 5.64. The van der Waals surface area contributed by atoms with Crippen molar-refractivity contribution in [1.82, 2.24) is 0 Å². The second kappa shape index (κ2) is 6.70. The smallest absolute Gasteiger partial charge is 0.228 e. The Morgan fingerprint density at radius 3 is 2.65 bits per heavy atom. The number of carbonyl (C=O) groups is 1. The Balaban J connectivity index is 2.13. The quantitative estimate of drug-likeness (QED) is 0.727. The number of hydrogen-bond acceptors (Lipinski definition) is 1. The van der Waals surface area contributed by atoms with E-state index in [1.54, 1.807) is 0 Å². The van der Waals surface area contributed by atoms with Gasteiger partial charge in [-0.15, -0.1) is 0 Å². The SMILES string of the molecule is O=C(Cc1cccc(Br)c1)Nc1c(Cl)cc(F)cc1Br. The molecule has 2 nitrogen and oxygen atoms in total. The third-order valence-corrected chi connectivity index (χ3v) is 3.94. The third kappa shape index (κ3) is 4.04. The van der Waals surface area contributed by atoms with Gasteiger partial charge in [0.25, 0.3) is 0 Å². The zero-order valence-corrected chi connectivity index (χ0v) is 14.0. The van der Waals surface area contributed by atoms with Crippen molar-refractivity contribution in [3.8, 4) is 0 Å². The molecule has 0 aromatic heterocycles. The highest BCUT2D eigenvalue weighted by atomic mass is 79.9. The van der Waals surface area contributed by atoms with Gasteiger partial charge in [-0.25, -0.2) is 4.39 Å². The lowest BCUT2D eigenvalue weighted by Crippen LogP contribution is -2.15. The van der Waals surface area contributed by atoms with E-state index in [4.69, 9.17) is 11.6 Å². The van der Waals surface area contributed by atoms with Crippen molar-refractivity contribution >= 4 is 55.1 Å². The minimum Gasteiger partial charge on any atom is -0.324 e. The highest BCUT2D eigenvalue weighted by Gasteiger charge is 2.12. The molecule has 1 amide bonds. The first-order valence-corrected chi connectivity index (χ1v) is 7.61. The van der Waals surface area contributed by atoms with Gasteiger partial charge in [0, 0.05) is 8.95 Å². The van der Waals surface area contributed by atoms with Crippen LogP contribution in [0.4, 0.5) is 10.1 Å². The number of benzene rings is 2. The van der Waals surface area contributed by atoms with Crippen molar-refractivity contribution in [2.24, 2.45) is 0 Å². The first kappa shape index (κ1) is 15.5. The number of anilines is 1. The molecule has 6 heteroatoms. The van der Waals surface area contributed by atoms with Crippen LogP contribution in [-0.2, 0) is 11.2 Å². The topological polar surface area (TPSA) is 29.1 Å². The standard InChI is InChI=1S/C14H9Br2ClFNO/c15-9-3-1-2-8(4-9)5-13(20)19-14-11(16)6-10(18)7-12(14)17/h1-4,6-7H,5H2,(H,19,20). The minimum absolute atomic E-state index is 0.152. The first-order chi connectivity index (χ1) is 9.45. The molecule has 0 aliphatic carbocycles. The van der Waals surface area contributed by atoms with Crippen LogP contribution in [0.1, 0.15) is 5.56 Å². The van der Waals surface area contributed by atoms with Gasteiger partial charge < -0.3 is 5.32 Å². The molecule has 0 heterocycles. The molecule has 0 saturated carbocycles. The molecule has 0 spiro atoms. The molecule has 0 fully saturated rings. The van der Waals surface area contributed by atoms with Gasteiger partial charge in [-0.3, -0.25) is 4.79 Å². The van der Waals surface area contributed by atoms with Crippen LogP contribution in [0.5, 0.6) is 0 Å². The molecule has 0 saturated heterocycles. The molecule has 0 atom stereocenters. The summed E-state index contributed by atoms with van der Waals surface area (Å²) in [5, 5.41) is 2.83. The number of halogens is 4. The van der Waals surface area contributed by atoms with E-state index >= 15 is 0 Å². The van der Waals surface area contributed by atoms with E-state index in [1.807, 2.05) is 24.3 Å². The zero-order valence-electron chi connectivity index (χ0n) is 10.1. The van der Waals surface area contributed by atoms with E-state index in [2.05, 4.69) is 37.2 Å². The van der Waals surface area contributed by atoms with Crippen LogP contribution >= 0.6 is 43.5 Å². The van der Waals surface area contributed by atoms with E-state index in [9.17, 15) is 9.18 Å². The number of nitrogens with one attached hydrogen (secondary N) is 1. The Hall–Kier alpha value is -0.910. The predicted molar refractivity (Wildman–Crippen MR) is 85.6 cm³/mol. The molecule has 20 heavy (non-hydrogen) atoms. The zero-order chi connectivity index (χ0) is 14.7. The molecule has 0 aliphatic heterocycles. The van der Waals surface area contributed by atoms with Crippen LogP contribution in [0.25, 0.3) is 0 Å². The number of amides is 1. The normalized spacial score (nSPS) is 10.4.